The van der Waals surface area contributed by atoms with Crippen molar-refractivity contribution < 1.29 is 24.1 Å². The summed E-state index contributed by atoms with van der Waals surface area (Å²) in [6.45, 7) is 1.74. The molecule has 1 unspecified atom stereocenters. The monoisotopic (exact) mass is 321 g/mol. The molecule has 1 aromatic carbocycles. The van der Waals surface area contributed by atoms with E-state index in [-0.39, 0.29) is 24.7 Å². The number of nitrogens with zero attached hydrogens (tertiary/aromatic N) is 1. The third-order valence-corrected chi connectivity index (χ3v) is 4.39. The zero-order chi connectivity index (χ0) is 16.2. The van der Waals surface area contributed by atoms with E-state index in [0.29, 0.717) is 31.0 Å². The Bertz CT molecular complexity index is 556. The minimum atomic E-state index is -0.227. The minimum Gasteiger partial charge on any atom is -0.493 e. The van der Waals surface area contributed by atoms with Crippen LogP contribution in [-0.4, -0.2) is 55.6 Å². The maximum atomic E-state index is 12.0. The fourth-order valence-electron chi connectivity index (χ4n) is 3.15. The molecule has 0 bridgehead atoms. The molecule has 2 aliphatic rings. The summed E-state index contributed by atoms with van der Waals surface area (Å²) < 4.78 is 16.8. The Morgan fingerprint density at radius 3 is 2.96 bits per heavy atom. The summed E-state index contributed by atoms with van der Waals surface area (Å²) in [4.78, 5) is 13.7. The van der Waals surface area contributed by atoms with E-state index in [1.54, 1.807) is 12.0 Å². The van der Waals surface area contributed by atoms with E-state index < -0.39 is 0 Å². The number of carbonyl (C=O) groups excluding carboxylic acids is 1. The molecule has 0 spiro atoms. The van der Waals surface area contributed by atoms with Gasteiger partial charge in [0.15, 0.2) is 17.8 Å². The largest absolute Gasteiger partial charge is 0.493 e. The zero-order valence-corrected chi connectivity index (χ0v) is 13.4. The van der Waals surface area contributed by atoms with Crippen LogP contribution in [-0.2, 0) is 9.53 Å². The number of likely N-dealkylation sites (tertiary alicyclic amines) is 1. The third-order valence-electron chi connectivity index (χ3n) is 4.39. The SMILES string of the molecule is COc1ccc([C@@H]2CC(=O)N(CCO)C2)cc1OC1CCCO1. The van der Waals surface area contributed by atoms with E-state index >= 15 is 0 Å². The van der Waals surface area contributed by atoms with Gasteiger partial charge in [-0.2, -0.15) is 0 Å². The fourth-order valence-corrected chi connectivity index (χ4v) is 3.15. The number of ether oxygens (including phenoxy) is 3. The van der Waals surface area contributed by atoms with Crippen LogP contribution < -0.4 is 9.47 Å². The molecule has 2 heterocycles. The number of rotatable bonds is 6. The number of aliphatic hydroxyl groups is 1. The summed E-state index contributed by atoms with van der Waals surface area (Å²) >= 11 is 0. The maximum absolute atomic E-state index is 12.0. The van der Waals surface area contributed by atoms with E-state index in [4.69, 9.17) is 19.3 Å². The fraction of sp³-hybridized carbons (Fsp3) is 0.588. The number of hydrogen-bond donors (Lipinski definition) is 1. The van der Waals surface area contributed by atoms with Crippen LogP contribution in [0.2, 0.25) is 0 Å². The molecule has 2 saturated heterocycles. The first-order valence-electron chi connectivity index (χ1n) is 8.06. The Labute approximate surface area is 135 Å². The lowest BCUT2D eigenvalue weighted by atomic mass is 9.98. The van der Waals surface area contributed by atoms with E-state index in [2.05, 4.69) is 0 Å². The molecule has 23 heavy (non-hydrogen) atoms. The molecule has 6 heteroatoms. The molecular formula is C17H23NO5. The summed E-state index contributed by atoms with van der Waals surface area (Å²) in [7, 11) is 1.61. The highest BCUT2D eigenvalue weighted by molar-refractivity contribution is 5.79. The Morgan fingerprint density at radius 2 is 2.26 bits per heavy atom. The first kappa shape index (κ1) is 16.1. The van der Waals surface area contributed by atoms with Crippen LogP contribution in [0, 0.1) is 0 Å². The lowest BCUT2D eigenvalue weighted by Gasteiger charge is -2.18. The van der Waals surface area contributed by atoms with Gasteiger partial charge < -0.3 is 24.2 Å². The maximum Gasteiger partial charge on any atom is 0.223 e. The number of methoxy groups -OCH3 is 1. The molecule has 1 amide bonds. The Balaban J connectivity index is 1.76. The number of carbonyl (C=O) groups is 1. The quantitative estimate of drug-likeness (QED) is 0.860. The Hall–Kier alpha value is -1.79. The van der Waals surface area contributed by atoms with Crippen molar-refractivity contribution in [1.29, 1.82) is 0 Å². The van der Waals surface area contributed by atoms with E-state index in [1.165, 1.54) is 0 Å². The first-order valence-corrected chi connectivity index (χ1v) is 8.06. The lowest BCUT2D eigenvalue weighted by Crippen LogP contribution is -2.28. The molecule has 1 N–H and O–H groups in total. The first-order chi connectivity index (χ1) is 11.2. The molecule has 0 aromatic heterocycles. The number of amides is 1. The normalized spacial score (nSPS) is 24.3. The van der Waals surface area contributed by atoms with Gasteiger partial charge in [0.25, 0.3) is 0 Å². The standard InChI is InChI=1S/C17H23NO5/c1-21-14-5-4-12(9-15(14)23-17-3-2-8-22-17)13-10-16(20)18(11-13)6-7-19/h4-5,9,13,17,19H,2-3,6-8,10-11H2,1H3/t13-,17?/m1/s1. The average Bonchev–Trinajstić information content (AvgIpc) is 3.18. The summed E-state index contributed by atoms with van der Waals surface area (Å²) in [5, 5.41) is 9.03. The van der Waals surface area contributed by atoms with E-state index in [1.807, 2.05) is 18.2 Å². The van der Waals surface area contributed by atoms with Gasteiger partial charge in [-0.1, -0.05) is 6.07 Å². The van der Waals surface area contributed by atoms with Crippen molar-refractivity contribution in [2.24, 2.45) is 0 Å². The van der Waals surface area contributed by atoms with E-state index in [9.17, 15) is 4.79 Å². The second-order valence-electron chi connectivity index (χ2n) is 5.94. The van der Waals surface area contributed by atoms with Gasteiger partial charge in [0.1, 0.15) is 0 Å². The zero-order valence-electron chi connectivity index (χ0n) is 13.4. The average molecular weight is 321 g/mol. The number of benzene rings is 1. The summed E-state index contributed by atoms with van der Waals surface area (Å²) in [6.07, 6.45) is 2.11. The van der Waals surface area contributed by atoms with Crippen LogP contribution in [0.4, 0.5) is 0 Å². The highest BCUT2D eigenvalue weighted by Gasteiger charge is 2.31. The molecule has 0 saturated carbocycles. The molecule has 0 aliphatic carbocycles. The van der Waals surface area contributed by atoms with Crippen LogP contribution in [0.3, 0.4) is 0 Å². The molecule has 2 atom stereocenters. The van der Waals surface area contributed by atoms with E-state index in [0.717, 1.165) is 25.0 Å². The molecule has 1 aromatic rings. The predicted molar refractivity (Wildman–Crippen MR) is 83.6 cm³/mol. The second-order valence-corrected chi connectivity index (χ2v) is 5.94. The van der Waals surface area contributed by atoms with Crippen LogP contribution in [0.15, 0.2) is 18.2 Å². The summed E-state index contributed by atoms with van der Waals surface area (Å²) in [6, 6.07) is 5.79. The highest BCUT2D eigenvalue weighted by Crippen LogP contribution is 2.36. The van der Waals surface area contributed by atoms with Gasteiger partial charge in [-0.15, -0.1) is 0 Å². The summed E-state index contributed by atoms with van der Waals surface area (Å²) in [5.41, 5.74) is 1.05. The summed E-state index contributed by atoms with van der Waals surface area (Å²) in [5.74, 6) is 1.53. The Kier molecular flexibility index (Phi) is 5.03. The molecule has 2 fully saturated rings. The molecule has 6 nitrogen and oxygen atoms in total. The predicted octanol–water partition coefficient (Wildman–Crippen LogP) is 1.52. The lowest BCUT2D eigenvalue weighted by molar-refractivity contribution is -0.128. The molecule has 3 rings (SSSR count). The van der Waals surface area contributed by atoms with Crippen molar-refractivity contribution in [1.82, 2.24) is 4.90 Å². The molecule has 0 radical (unpaired) electrons. The van der Waals surface area contributed by atoms with Gasteiger partial charge in [-0.05, 0) is 24.1 Å². The van der Waals surface area contributed by atoms with Crippen molar-refractivity contribution in [3.8, 4) is 11.5 Å². The van der Waals surface area contributed by atoms with Crippen molar-refractivity contribution in [3.63, 3.8) is 0 Å². The van der Waals surface area contributed by atoms with Gasteiger partial charge in [0, 0.05) is 31.8 Å². The Morgan fingerprint density at radius 1 is 1.39 bits per heavy atom. The van der Waals surface area contributed by atoms with Gasteiger partial charge in [-0.3, -0.25) is 4.79 Å². The second kappa shape index (κ2) is 7.19. The van der Waals surface area contributed by atoms with Gasteiger partial charge in [0.2, 0.25) is 5.91 Å². The minimum absolute atomic E-state index is 0.00550. The van der Waals surface area contributed by atoms with Gasteiger partial charge in [-0.25, -0.2) is 0 Å². The van der Waals surface area contributed by atoms with Crippen molar-refractivity contribution in [2.45, 2.75) is 31.5 Å². The number of aliphatic hydroxyl groups excluding tert-OH is 1. The molecule has 126 valence electrons. The number of hydrogen-bond acceptors (Lipinski definition) is 5. The van der Waals surface area contributed by atoms with Crippen molar-refractivity contribution in [3.05, 3.63) is 23.8 Å². The van der Waals surface area contributed by atoms with Gasteiger partial charge >= 0.3 is 0 Å². The van der Waals surface area contributed by atoms with Crippen LogP contribution in [0.5, 0.6) is 11.5 Å². The molecular weight excluding hydrogens is 298 g/mol. The highest BCUT2D eigenvalue weighted by atomic mass is 16.7. The third kappa shape index (κ3) is 3.59. The van der Waals surface area contributed by atoms with Crippen LogP contribution in [0.1, 0.15) is 30.7 Å². The smallest absolute Gasteiger partial charge is 0.223 e. The van der Waals surface area contributed by atoms with Crippen LogP contribution >= 0.6 is 0 Å². The number of β-amino-alcohol motifs (C(OH)–C–C–N with tert-alkyl or cyclic N) is 1. The topological polar surface area (TPSA) is 68.2 Å². The van der Waals surface area contributed by atoms with Gasteiger partial charge in [0.05, 0.1) is 20.3 Å². The van der Waals surface area contributed by atoms with Crippen LogP contribution in [0.25, 0.3) is 0 Å². The van der Waals surface area contributed by atoms with Crippen molar-refractivity contribution in [2.75, 3.05) is 33.4 Å². The van der Waals surface area contributed by atoms with Crippen molar-refractivity contribution >= 4 is 5.91 Å². The molecule has 2 aliphatic heterocycles.